The van der Waals surface area contributed by atoms with Gasteiger partial charge in [0.1, 0.15) is 5.75 Å². The van der Waals surface area contributed by atoms with Gasteiger partial charge in [0.25, 0.3) is 10.1 Å². The summed E-state index contributed by atoms with van der Waals surface area (Å²) in [6.45, 7) is 5.18. The van der Waals surface area contributed by atoms with Gasteiger partial charge in [-0.25, -0.2) is 0 Å². The van der Waals surface area contributed by atoms with Gasteiger partial charge < -0.3 is 4.74 Å². The summed E-state index contributed by atoms with van der Waals surface area (Å²) in [6.07, 6.45) is -0.378. The third kappa shape index (κ3) is 2.96. The Kier molecular flexibility index (Phi) is 3.93. The fraction of sp³-hybridized carbons (Fsp3) is 0.455. The van der Waals surface area contributed by atoms with E-state index in [9.17, 15) is 8.42 Å². The Balaban J connectivity index is 3.14. The molecule has 0 unspecified atom stereocenters. The number of hydrogen-bond acceptors (Lipinski definition) is 4. The van der Waals surface area contributed by atoms with Crippen molar-refractivity contribution < 1.29 is 17.3 Å². The number of aryl methyl sites for hydroxylation is 1. The van der Waals surface area contributed by atoms with Crippen LogP contribution in [-0.4, -0.2) is 21.6 Å². The second-order valence-corrected chi connectivity index (χ2v) is 5.30. The van der Waals surface area contributed by atoms with Crippen LogP contribution in [0.4, 0.5) is 0 Å². The number of hydrogen-bond donors (Lipinski definition) is 0. The van der Waals surface area contributed by atoms with Crippen LogP contribution in [0.1, 0.15) is 19.4 Å². The molecule has 0 saturated heterocycles. The van der Waals surface area contributed by atoms with Crippen molar-refractivity contribution in [1.29, 1.82) is 0 Å². The van der Waals surface area contributed by atoms with E-state index in [4.69, 9.17) is 8.92 Å². The van der Waals surface area contributed by atoms with E-state index in [0.717, 1.165) is 5.56 Å². The van der Waals surface area contributed by atoms with E-state index in [1.165, 1.54) is 19.2 Å². The Bertz CT molecular complexity index is 463. The molecule has 0 N–H and O–H groups in total. The van der Waals surface area contributed by atoms with Crippen LogP contribution in [0, 0.1) is 6.92 Å². The first-order valence-corrected chi connectivity index (χ1v) is 6.35. The van der Waals surface area contributed by atoms with Crippen LogP contribution >= 0.6 is 0 Å². The van der Waals surface area contributed by atoms with E-state index in [1.807, 2.05) is 6.92 Å². The van der Waals surface area contributed by atoms with Crippen LogP contribution in [0.25, 0.3) is 0 Å². The Morgan fingerprint density at radius 2 is 1.88 bits per heavy atom. The first kappa shape index (κ1) is 13.0. The molecule has 0 saturated carbocycles. The molecular formula is C11H16O4S. The highest BCUT2D eigenvalue weighted by Gasteiger charge is 2.18. The first-order valence-electron chi connectivity index (χ1n) is 4.94. The molecule has 0 amide bonds. The Morgan fingerprint density at radius 3 is 2.38 bits per heavy atom. The molecule has 0 aromatic heterocycles. The van der Waals surface area contributed by atoms with Crippen molar-refractivity contribution >= 4 is 10.1 Å². The van der Waals surface area contributed by atoms with Gasteiger partial charge in [-0.2, -0.15) is 8.42 Å². The third-order valence-electron chi connectivity index (χ3n) is 1.99. The van der Waals surface area contributed by atoms with Crippen molar-refractivity contribution in [1.82, 2.24) is 0 Å². The molecule has 5 heteroatoms. The zero-order chi connectivity index (χ0) is 12.3. The molecule has 0 fully saturated rings. The molecule has 0 radical (unpaired) electrons. The van der Waals surface area contributed by atoms with Gasteiger partial charge in [-0.3, -0.25) is 4.18 Å². The van der Waals surface area contributed by atoms with Crippen molar-refractivity contribution in [3.8, 4) is 5.75 Å². The van der Waals surface area contributed by atoms with Gasteiger partial charge in [0, 0.05) is 6.07 Å². The zero-order valence-corrected chi connectivity index (χ0v) is 10.7. The molecule has 0 atom stereocenters. The van der Waals surface area contributed by atoms with Crippen molar-refractivity contribution in [3.63, 3.8) is 0 Å². The zero-order valence-electron chi connectivity index (χ0n) is 9.85. The molecule has 0 aliphatic carbocycles. The number of rotatable bonds is 4. The highest BCUT2D eigenvalue weighted by atomic mass is 32.2. The van der Waals surface area contributed by atoms with E-state index in [0.29, 0.717) is 5.75 Å². The molecule has 90 valence electrons. The van der Waals surface area contributed by atoms with Crippen molar-refractivity contribution in [2.24, 2.45) is 0 Å². The van der Waals surface area contributed by atoms with Crippen LogP contribution < -0.4 is 4.74 Å². The molecule has 0 spiro atoms. The quantitative estimate of drug-likeness (QED) is 0.761. The highest BCUT2D eigenvalue weighted by Crippen LogP contribution is 2.23. The van der Waals surface area contributed by atoms with E-state index < -0.39 is 10.1 Å². The maximum atomic E-state index is 11.7. The molecule has 16 heavy (non-hydrogen) atoms. The van der Waals surface area contributed by atoms with Crippen LogP contribution in [0.15, 0.2) is 23.1 Å². The minimum atomic E-state index is -3.69. The molecule has 1 aromatic rings. The summed E-state index contributed by atoms with van der Waals surface area (Å²) in [5.74, 6) is 0.536. The SMILES string of the molecule is COc1cc(S(=O)(=O)OC(C)C)ccc1C. The maximum absolute atomic E-state index is 11.7. The standard InChI is InChI=1S/C11H16O4S/c1-8(2)15-16(12,13)10-6-5-9(3)11(7-10)14-4/h5-8H,1-4H3. The number of methoxy groups -OCH3 is 1. The lowest BCUT2D eigenvalue weighted by atomic mass is 10.2. The van der Waals surface area contributed by atoms with Crippen LogP contribution in [0.2, 0.25) is 0 Å². The van der Waals surface area contributed by atoms with Gasteiger partial charge >= 0.3 is 0 Å². The summed E-state index contributed by atoms with van der Waals surface area (Å²) in [5.41, 5.74) is 0.881. The fourth-order valence-electron chi connectivity index (χ4n) is 1.26. The normalized spacial score (nSPS) is 11.8. The van der Waals surface area contributed by atoms with Crippen molar-refractivity contribution in [2.75, 3.05) is 7.11 Å². The largest absolute Gasteiger partial charge is 0.496 e. The third-order valence-corrected chi connectivity index (χ3v) is 3.46. The summed E-state index contributed by atoms with van der Waals surface area (Å²) in [5, 5.41) is 0. The summed E-state index contributed by atoms with van der Waals surface area (Å²) in [4.78, 5) is 0.114. The Hall–Kier alpha value is -1.07. The minimum absolute atomic E-state index is 0.114. The average Bonchev–Trinajstić information content (AvgIpc) is 2.16. The average molecular weight is 244 g/mol. The smallest absolute Gasteiger partial charge is 0.297 e. The van der Waals surface area contributed by atoms with E-state index in [-0.39, 0.29) is 11.0 Å². The molecular weight excluding hydrogens is 228 g/mol. The fourth-order valence-corrected chi connectivity index (χ4v) is 2.37. The second-order valence-electron chi connectivity index (χ2n) is 3.73. The summed E-state index contributed by atoms with van der Waals surface area (Å²) in [7, 11) is -2.19. The van der Waals surface area contributed by atoms with Crippen LogP contribution in [-0.2, 0) is 14.3 Å². The molecule has 1 rings (SSSR count). The Morgan fingerprint density at radius 1 is 1.25 bits per heavy atom. The van der Waals surface area contributed by atoms with Crippen LogP contribution in [0.3, 0.4) is 0 Å². The molecule has 0 aliphatic heterocycles. The first-order chi connectivity index (χ1) is 7.36. The summed E-state index contributed by atoms with van der Waals surface area (Å²) >= 11 is 0. The summed E-state index contributed by atoms with van der Waals surface area (Å²) in [6, 6.07) is 4.66. The predicted molar refractivity (Wildman–Crippen MR) is 61.1 cm³/mol. The lowest BCUT2D eigenvalue weighted by Gasteiger charge is -2.10. The van der Waals surface area contributed by atoms with Gasteiger partial charge in [0.05, 0.1) is 18.1 Å². The van der Waals surface area contributed by atoms with Crippen molar-refractivity contribution in [2.45, 2.75) is 31.8 Å². The molecule has 0 heterocycles. The highest BCUT2D eigenvalue weighted by molar-refractivity contribution is 7.86. The predicted octanol–water partition coefficient (Wildman–Crippen LogP) is 2.12. The van der Waals surface area contributed by atoms with E-state index in [2.05, 4.69) is 0 Å². The maximum Gasteiger partial charge on any atom is 0.297 e. The van der Waals surface area contributed by atoms with Crippen LogP contribution in [0.5, 0.6) is 5.75 Å². The minimum Gasteiger partial charge on any atom is -0.496 e. The number of benzene rings is 1. The second kappa shape index (κ2) is 4.84. The lowest BCUT2D eigenvalue weighted by molar-refractivity contribution is 0.248. The van der Waals surface area contributed by atoms with Gasteiger partial charge in [-0.15, -0.1) is 0 Å². The van der Waals surface area contributed by atoms with Gasteiger partial charge in [-0.05, 0) is 32.4 Å². The van der Waals surface area contributed by atoms with Gasteiger partial charge in [0.2, 0.25) is 0 Å². The Labute approximate surface area is 96.3 Å². The molecule has 0 bridgehead atoms. The summed E-state index contributed by atoms with van der Waals surface area (Å²) < 4.78 is 33.4. The van der Waals surface area contributed by atoms with E-state index in [1.54, 1.807) is 19.9 Å². The molecule has 1 aromatic carbocycles. The number of ether oxygens (including phenoxy) is 1. The van der Waals surface area contributed by atoms with Gasteiger partial charge in [-0.1, -0.05) is 6.07 Å². The van der Waals surface area contributed by atoms with Crippen molar-refractivity contribution in [3.05, 3.63) is 23.8 Å². The molecule has 4 nitrogen and oxygen atoms in total. The topological polar surface area (TPSA) is 52.6 Å². The lowest BCUT2D eigenvalue weighted by Crippen LogP contribution is -2.12. The van der Waals surface area contributed by atoms with E-state index >= 15 is 0 Å². The molecule has 0 aliphatic rings. The van der Waals surface area contributed by atoms with Gasteiger partial charge in [0.15, 0.2) is 0 Å². The monoisotopic (exact) mass is 244 g/mol.